The van der Waals surface area contributed by atoms with Crippen LogP contribution in [0.15, 0.2) is 94.0 Å². The second-order valence-electron chi connectivity index (χ2n) is 8.21. The first-order chi connectivity index (χ1) is 16.7. The van der Waals surface area contributed by atoms with E-state index >= 15 is 0 Å². The molecule has 170 valence electrons. The van der Waals surface area contributed by atoms with Crippen LogP contribution < -0.4 is 11.5 Å². The van der Waals surface area contributed by atoms with Gasteiger partial charge in [-0.05, 0) is 55.3 Å². The van der Waals surface area contributed by atoms with Crippen LogP contribution in [0.25, 0.3) is 45.2 Å². The van der Waals surface area contributed by atoms with Crippen molar-refractivity contribution in [3.05, 3.63) is 96.1 Å². The van der Waals surface area contributed by atoms with Crippen molar-refractivity contribution in [3.8, 4) is 45.2 Å². The number of benzene rings is 3. The third kappa shape index (κ3) is 4.69. The lowest BCUT2D eigenvalue weighted by Gasteiger charge is -2.01. The third-order valence-electron chi connectivity index (χ3n) is 5.76. The number of nitrogens with two attached hydrogens (primary N) is 2. The summed E-state index contributed by atoms with van der Waals surface area (Å²) < 4.78 is 11.3. The minimum atomic E-state index is 0.612. The standard InChI is InChI=1S/C28H26N4O2/c29-12-10-19-4-1-8-23(14-19)27-17-25(31-33-27)21-6-3-7-22(16-21)26-18-28(34-32-26)24-9-2-5-20(15-24)11-13-30/h1-9,14-18H,10-13,29-30H2. The van der Waals surface area contributed by atoms with E-state index in [-0.39, 0.29) is 0 Å². The molecule has 0 atom stereocenters. The highest BCUT2D eigenvalue weighted by molar-refractivity contribution is 5.73. The van der Waals surface area contributed by atoms with Gasteiger partial charge in [-0.25, -0.2) is 0 Å². The highest BCUT2D eigenvalue weighted by Gasteiger charge is 2.13. The van der Waals surface area contributed by atoms with Gasteiger partial charge in [0.1, 0.15) is 11.4 Å². The average molecular weight is 451 g/mol. The first kappa shape index (κ1) is 21.8. The number of hydrogen-bond donors (Lipinski definition) is 2. The summed E-state index contributed by atoms with van der Waals surface area (Å²) in [5.41, 5.74) is 19.1. The van der Waals surface area contributed by atoms with E-state index in [9.17, 15) is 0 Å². The van der Waals surface area contributed by atoms with Crippen LogP contribution in [0, 0.1) is 0 Å². The van der Waals surface area contributed by atoms with Crippen LogP contribution in [0.5, 0.6) is 0 Å². The maximum Gasteiger partial charge on any atom is 0.167 e. The molecule has 0 spiro atoms. The van der Waals surface area contributed by atoms with Gasteiger partial charge in [-0.3, -0.25) is 0 Å². The summed E-state index contributed by atoms with van der Waals surface area (Å²) in [5.74, 6) is 1.45. The van der Waals surface area contributed by atoms with Crippen molar-refractivity contribution in [2.45, 2.75) is 12.8 Å². The lowest BCUT2D eigenvalue weighted by atomic mass is 10.0. The van der Waals surface area contributed by atoms with Gasteiger partial charge in [-0.1, -0.05) is 64.9 Å². The molecule has 0 aliphatic rings. The van der Waals surface area contributed by atoms with E-state index in [4.69, 9.17) is 20.5 Å². The lowest BCUT2D eigenvalue weighted by Crippen LogP contribution is -2.02. The molecule has 5 rings (SSSR count). The Bertz CT molecular complexity index is 1300. The fourth-order valence-corrected chi connectivity index (χ4v) is 4.03. The highest BCUT2D eigenvalue weighted by Crippen LogP contribution is 2.31. The molecule has 0 amide bonds. The van der Waals surface area contributed by atoms with Crippen LogP contribution in [0.3, 0.4) is 0 Å². The number of aromatic nitrogens is 2. The highest BCUT2D eigenvalue weighted by atomic mass is 16.5. The van der Waals surface area contributed by atoms with Crippen LogP contribution in [-0.2, 0) is 12.8 Å². The molecule has 0 saturated carbocycles. The van der Waals surface area contributed by atoms with E-state index in [0.29, 0.717) is 13.1 Å². The molecule has 6 nitrogen and oxygen atoms in total. The zero-order chi connectivity index (χ0) is 23.3. The molecule has 6 heteroatoms. The third-order valence-corrected chi connectivity index (χ3v) is 5.76. The summed E-state index contributed by atoms with van der Waals surface area (Å²) >= 11 is 0. The van der Waals surface area contributed by atoms with Gasteiger partial charge in [0.15, 0.2) is 11.5 Å². The summed E-state index contributed by atoms with van der Waals surface area (Å²) in [4.78, 5) is 0. The van der Waals surface area contributed by atoms with Crippen LogP contribution in [0.4, 0.5) is 0 Å². The molecule has 2 heterocycles. The number of rotatable bonds is 8. The van der Waals surface area contributed by atoms with Gasteiger partial charge in [0.2, 0.25) is 0 Å². The average Bonchev–Trinajstić information content (AvgIpc) is 3.56. The van der Waals surface area contributed by atoms with Gasteiger partial charge in [-0.15, -0.1) is 0 Å². The molecule has 3 aromatic carbocycles. The molecule has 0 saturated heterocycles. The SMILES string of the molecule is NCCc1cccc(-c2cc(-c3cccc(-c4cc(-c5cccc(CCN)c5)on4)c3)no2)c1. The van der Waals surface area contributed by atoms with Crippen LogP contribution in [0.1, 0.15) is 11.1 Å². The fraction of sp³-hybridized carbons (Fsp3) is 0.143. The first-order valence-corrected chi connectivity index (χ1v) is 11.4. The summed E-state index contributed by atoms with van der Waals surface area (Å²) in [6.45, 7) is 1.22. The van der Waals surface area contributed by atoms with Crippen molar-refractivity contribution in [1.82, 2.24) is 10.3 Å². The number of hydrogen-bond acceptors (Lipinski definition) is 6. The van der Waals surface area contributed by atoms with Gasteiger partial charge in [0, 0.05) is 34.4 Å². The minimum absolute atomic E-state index is 0.612. The van der Waals surface area contributed by atoms with E-state index in [1.165, 1.54) is 11.1 Å². The van der Waals surface area contributed by atoms with E-state index in [1.807, 2.05) is 60.7 Å². The molecule has 34 heavy (non-hydrogen) atoms. The topological polar surface area (TPSA) is 104 Å². The Hall–Kier alpha value is -4.00. The van der Waals surface area contributed by atoms with E-state index in [0.717, 1.165) is 58.0 Å². The maximum atomic E-state index is 5.69. The Morgan fingerprint density at radius 3 is 1.44 bits per heavy atom. The Morgan fingerprint density at radius 1 is 0.529 bits per heavy atom. The van der Waals surface area contributed by atoms with Crippen molar-refractivity contribution in [2.24, 2.45) is 11.5 Å². The molecule has 0 aliphatic heterocycles. The smallest absolute Gasteiger partial charge is 0.167 e. The quantitative estimate of drug-likeness (QED) is 0.331. The van der Waals surface area contributed by atoms with Gasteiger partial charge in [0.05, 0.1) is 0 Å². The summed E-state index contributed by atoms with van der Waals surface area (Å²) in [6, 6.07) is 28.3. The monoisotopic (exact) mass is 450 g/mol. The summed E-state index contributed by atoms with van der Waals surface area (Å²) in [6.07, 6.45) is 1.65. The molecule has 4 N–H and O–H groups in total. The van der Waals surface area contributed by atoms with Gasteiger partial charge in [-0.2, -0.15) is 0 Å². The molecule has 0 fully saturated rings. The fourth-order valence-electron chi connectivity index (χ4n) is 4.03. The van der Waals surface area contributed by atoms with E-state index in [1.54, 1.807) is 0 Å². The normalized spacial score (nSPS) is 11.1. The molecule has 2 aromatic heterocycles. The molecule has 0 unspecified atom stereocenters. The maximum absolute atomic E-state index is 5.69. The van der Waals surface area contributed by atoms with Crippen molar-refractivity contribution >= 4 is 0 Å². The van der Waals surface area contributed by atoms with Crippen molar-refractivity contribution < 1.29 is 9.05 Å². The molecule has 0 bridgehead atoms. The predicted octanol–water partition coefficient (Wildman–Crippen LogP) is 5.33. The van der Waals surface area contributed by atoms with Crippen LogP contribution in [-0.4, -0.2) is 23.4 Å². The molecular formula is C28H26N4O2. The van der Waals surface area contributed by atoms with Gasteiger partial charge >= 0.3 is 0 Å². The van der Waals surface area contributed by atoms with Crippen molar-refractivity contribution in [1.29, 1.82) is 0 Å². The zero-order valence-corrected chi connectivity index (χ0v) is 18.8. The van der Waals surface area contributed by atoms with E-state index < -0.39 is 0 Å². The number of nitrogens with zero attached hydrogens (tertiary/aromatic N) is 2. The van der Waals surface area contributed by atoms with Gasteiger partial charge < -0.3 is 20.5 Å². The molecule has 0 aliphatic carbocycles. The summed E-state index contributed by atoms with van der Waals surface area (Å²) in [7, 11) is 0. The molecule has 0 radical (unpaired) electrons. The van der Waals surface area contributed by atoms with Crippen LogP contribution in [0.2, 0.25) is 0 Å². The first-order valence-electron chi connectivity index (χ1n) is 11.4. The van der Waals surface area contributed by atoms with Crippen LogP contribution >= 0.6 is 0 Å². The molecular weight excluding hydrogens is 424 g/mol. The van der Waals surface area contributed by atoms with Crippen molar-refractivity contribution in [2.75, 3.05) is 13.1 Å². The second-order valence-corrected chi connectivity index (χ2v) is 8.21. The molecule has 5 aromatic rings. The Morgan fingerprint density at radius 2 is 0.971 bits per heavy atom. The Labute approximate surface area is 198 Å². The minimum Gasteiger partial charge on any atom is -0.356 e. The van der Waals surface area contributed by atoms with Gasteiger partial charge in [0.25, 0.3) is 0 Å². The lowest BCUT2D eigenvalue weighted by molar-refractivity contribution is 0.434. The Kier molecular flexibility index (Phi) is 6.33. The zero-order valence-electron chi connectivity index (χ0n) is 18.8. The second kappa shape index (κ2) is 9.87. The van der Waals surface area contributed by atoms with E-state index in [2.05, 4.69) is 34.6 Å². The van der Waals surface area contributed by atoms with Crippen molar-refractivity contribution in [3.63, 3.8) is 0 Å². The Balaban J connectivity index is 1.40. The summed E-state index contributed by atoms with van der Waals surface area (Å²) in [5, 5.41) is 8.60. The predicted molar refractivity (Wildman–Crippen MR) is 134 cm³/mol. The largest absolute Gasteiger partial charge is 0.356 e.